The molecule has 0 aliphatic carbocycles. The fourth-order valence-corrected chi connectivity index (χ4v) is 4.75. The number of anilines is 2. The van der Waals surface area contributed by atoms with Crippen molar-refractivity contribution in [1.82, 2.24) is 20.2 Å². The molecule has 2 heterocycles. The Labute approximate surface area is 193 Å². The molecule has 0 fully saturated rings. The van der Waals surface area contributed by atoms with E-state index >= 15 is 0 Å². The first-order valence-corrected chi connectivity index (χ1v) is 11.8. The van der Waals surface area contributed by atoms with Crippen LogP contribution in [0.4, 0.5) is 10.8 Å². The zero-order valence-corrected chi connectivity index (χ0v) is 19.6. The lowest BCUT2D eigenvalue weighted by molar-refractivity contribution is -0.115. The summed E-state index contributed by atoms with van der Waals surface area (Å²) in [5.41, 5.74) is 4.94. The highest BCUT2D eigenvalue weighted by atomic mass is 35.5. The maximum Gasteiger partial charge on any atom is 0.230 e. The molecule has 0 aliphatic heterocycles. The number of aromatic nitrogens is 4. The summed E-state index contributed by atoms with van der Waals surface area (Å²) in [4.78, 5) is 23.2. The van der Waals surface area contributed by atoms with Gasteiger partial charge in [0.15, 0.2) is 11.0 Å². The molecule has 0 saturated heterocycles. The number of carbonyl (C=O) groups excluding carboxylic acids is 1. The number of thioether (sulfide) groups is 1. The van der Waals surface area contributed by atoms with Crippen molar-refractivity contribution in [3.63, 3.8) is 0 Å². The molecule has 9 heteroatoms. The van der Waals surface area contributed by atoms with Gasteiger partial charge in [-0.3, -0.25) is 14.8 Å². The van der Waals surface area contributed by atoms with E-state index in [0.29, 0.717) is 26.9 Å². The lowest BCUT2D eigenvalue weighted by Gasteiger charge is -2.19. The van der Waals surface area contributed by atoms with Gasteiger partial charge in [-0.1, -0.05) is 29.4 Å². The van der Waals surface area contributed by atoms with Crippen molar-refractivity contribution in [2.75, 3.05) is 4.90 Å². The largest absolute Gasteiger partial charge is 0.274 e. The number of H-pyrrole nitrogens is 1. The molecule has 0 bridgehead atoms. The Bertz CT molecular complexity index is 1220. The summed E-state index contributed by atoms with van der Waals surface area (Å²) in [5.74, 6) is 1.22. The van der Waals surface area contributed by atoms with Crippen LogP contribution < -0.4 is 4.90 Å². The molecule has 2 aromatic carbocycles. The number of aromatic amines is 1. The van der Waals surface area contributed by atoms with Crippen molar-refractivity contribution in [3.05, 3.63) is 69.7 Å². The van der Waals surface area contributed by atoms with Crippen LogP contribution in [0.3, 0.4) is 0 Å². The van der Waals surface area contributed by atoms with Gasteiger partial charge >= 0.3 is 0 Å². The van der Waals surface area contributed by atoms with Gasteiger partial charge in [0.05, 0.1) is 11.4 Å². The number of amides is 1. The summed E-state index contributed by atoms with van der Waals surface area (Å²) in [6, 6.07) is 13.4. The number of halogens is 1. The van der Waals surface area contributed by atoms with Gasteiger partial charge in [-0.25, -0.2) is 9.97 Å². The van der Waals surface area contributed by atoms with Crippen molar-refractivity contribution >= 4 is 51.4 Å². The van der Waals surface area contributed by atoms with Gasteiger partial charge in [0, 0.05) is 28.6 Å². The number of thiazole rings is 1. The number of benzene rings is 2. The molecule has 4 rings (SSSR count). The zero-order chi connectivity index (χ0) is 22.0. The Balaban J connectivity index is 1.46. The third-order valence-electron chi connectivity index (χ3n) is 4.73. The van der Waals surface area contributed by atoms with Crippen molar-refractivity contribution in [3.8, 4) is 11.4 Å². The first-order chi connectivity index (χ1) is 14.9. The zero-order valence-electron chi connectivity index (χ0n) is 17.2. The van der Waals surface area contributed by atoms with E-state index in [2.05, 4.69) is 27.1 Å². The van der Waals surface area contributed by atoms with E-state index in [-0.39, 0.29) is 5.91 Å². The lowest BCUT2D eigenvalue weighted by atomic mass is 10.1. The molecule has 158 valence electrons. The van der Waals surface area contributed by atoms with Gasteiger partial charge in [0.25, 0.3) is 0 Å². The predicted molar refractivity (Wildman–Crippen MR) is 127 cm³/mol. The minimum atomic E-state index is -0.0709. The third-order valence-corrected chi connectivity index (χ3v) is 6.73. The molecular formula is C22H20ClN5OS2. The van der Waals surface area contributed by atoms with Crippen LogP contribution in [0, 0.1) is 13.8 Å². The standard InChI is InChI=1S/C22H20ClN5OS2/c1-13-4-9-19(10-14(13)2)28(15(3)29)22-24-18(12-31-22)11-30-21-25-20(26-27-21)16-5-7-17(23)8-6-16/h4-10,12H,11H2,1-3H3,(H,25,26,27). The maximum absolute atomic E-state index is 12.3. The Kier molecular flexibility index (Phi) is 6.41. The van der Waals surface area contributed by atoms with E-state index in [9.17, 15) is 4.79 Å². The van der Waals surface area contributed by atoms with Gasteiger partial charge in [-0.15, -0.1) is 16.4 Å². The summed E-state index contributed by atoms with van der Waals surface area (Å²) in [5, 5.41) is 11.2. The fraction of sp³-hybridized carbons (Fsp3) is 0.182. The first-order valence-electron chi connectivity index (χ1n) is 9.54. The summed E-state index contributed by atoms with van der Waals surface area (Å²) >= 11 is 8.87. The number of aryl methyl sites for hydroxylation is 2. The summed E-state index contributed by atoms with van der Waals surface area (Å²) in [6.07, 6.45) is 0. The van der Waals surface area contributed by atoms with Crippen LogP contribution >= 0.6 is 34.7 Å². The molecule has 0 spiro atoms. The smallest absolute Gasteiger partial charge is 0.230 e. The number of rotatable bonds is 6. The maximum atomic E-state index is 12.3. The van der Waals surface area contributed by atoms with Crippen molar-refractivity contribution in [2.45, 2.75) is 31.7 Å². The van der Waals surface area contributed by atoms with E-state index in [4.69, 9.17) is 11.6 Å². The molecule has 2 aromatic heterocycles. The second-order valence-electron chi connectivity index (χ2n) is 7.01. The molecule has 1 amide bonds. The van der Waals surface area contributed by atoms with Gasteiger partial charge in [-0.2, -0.15) is 0 Å². The number of hydrogen-bond donors (Lipinski definition) is 1. The van der Waals surface area contributed by atoms with E-state index in [1.54, 1.807) is 11.8 Å². The van der Waals surface area contributed by atoms with Crippen LogP contribution in [0.25, 0.3) is 11.4 Å². The molecule has 0 saturated carbocycles. The van der Waals surface area contributed by atoms with Crippen LogP contribution in [0.2, 0.25) is 5.02 Å². The lowest BCUT2D eigenvalue weighted by Crippen LogP contribution is -2.22. The molecule has 4 aromatic rings. The molecular weight excluding hydrogens is 450 g/mol. The molecule has 6 nitrogen and oxygen atoms in total. The Hall–Kier alpha value is -2.68. The van der Waals surface area contributed by atoms with Crippen molar-refractivity contribution in [2.24, 2.45) is 0 Å². The highest BCUT2D eigenvalue weighted by Gasteiger charge is 2.19. The average Bonchev–Trinajstić information content (AvgIpc) is 3.39. The summed E-state index contributed by atoms with van der Waals surface area (Å²) in [7, 11) is 0. The molecule has 1 N–H and O–H groups in total. The Morgan fingerprint density at radius 2 is 1.90 bits per heavy atom. The average molecular weight is 470 g/mol. The molecule has 0 radical (unpaired) electrons. The van der Waals surface area contributed by atoms with Crippen LogP contribution in [-0.4, -0.2) is 26.1 Å². The van der Waals surface area contributed by atoms with Crippen LogP contribution in [-0.2, 0) is 10.5 Å². The van der Waals surface area contributed by atoms with E-state index in [1.165, 1.54) is 28.7 Å². The predicted octanol–water partition coefficient (Wildman–Crippen LogP) is 6.18. The van der Waals surface area contributed by atoms with Gasteiger partial charge in [0.1, 0.15) is 0 Å². The number of nitrogens with one attached hydrogen (secondary N) is 1. The second-order valence-corrected chi connectivity index (χ2v) is 9.22. The molecule has 0 aliphatic rings. The highest BCUT2D eigenvalue weighted by molar-refractivity contribution is 7.98. The number of hydrogen-bond acceptors (Lipinski definition) is 6. The minimum Gasteiger partial charge on any atom is -0.274 e. The SMILES string of the molecule is CC(=O)N(c1ccc(C)c(C)c1)c1nc(CSc2n[nH]c(-c3ccc(Cl)cc3)n2)cs1. The fourth-order valence-electron chi connectivity index (χ4n) is 2.94. The van der Waals surface area contributed by atoms with Gasteiger partial charge < -0.3 is 0 Å². The molecule has 0 unspecified atom stereocenters. The normalized spacial score (nSPS) is 11.0. The van der Waals surface area contributed by atoms with Crippen LogP contribution in [0.1, 0.15) is 23.7 Å². The molecule has 0 atom stereocenters. The Morgan fingerprint density at radius 3 is 2.61 bits per heavy atom. The van der Waals surface area contributed by atoms with Crippen molar-refractivity contribution < 1.29 is 4.79 Å². The van der Waals surface area contributed by atoms with E-state index < -0.39 is 0 Å². The highest BCUT2D eigenvalue weighted by Crippen LogP contribution is 2.32. The van der Waals surface area contributed by atoms with E-state index in [1.807, 2.05) is 54.8 Å². The number of carbonyl (C=O) groups is 1. The quantitative estimate of drug-likeness (QED) is 0.341. The number of nitrogens with zero attached hydrogens (tertiary/aromatic N) is 4. The summed E-state index contributed by atoms with van der Waals surface area (Å²) in [6.45, 7) is 5.64. The Morgan fingerprint density at radius 1 is 1.13 bits per heavy atom. The molecule has 31 heavy (non-hydrogen) atoms. The van der Waals surface area contributed by atoms with Crippen molar-refractivity contribution in [1.29, 1.82) is 0 Å². The first kappa shape index (κ1) is 21.5. The van der Waals surface area contributed by atoms with Gasteiger partial charge in [-0.05, 0) is 61.4 Å². The topological polar surface area (TPSA) is 74.8 Å². The summed E-state index contributed by atoms with van der Waals surface area (Å²) < 4.78 is 0. The van der Waals surface area contributed by atoms with Gasteiger partial charge in [0.2, 0.25) is 11.1 Å². The second kappa shape index (κ2) is 9.21. The third kappa shape index (κ3) is 4.98. The monoisotopic (exact) mass is 469 g/mol. The van der Waals surface area contributed by atoms with E-state index in [0.717, 1.165) is 22.5 Å². The minimum absolute atomic E-state index is 0.0709. The van der Waals surface area contributed by atoms with Crippen LogP contribution in [0.15, 0.2) is 53.0 Å². The van der Waals surface area contributed by atoms with Crippen LogP contribution in [0.5, 0.6) is 0 Å².